The highest BCUT2D eigenvalue weighted by Crippen LogP contribution is 2.35. The summed E-state index contributed by atoms with van der Waals surface area (Å²) in [6.45, 7) is 7.25. The molecule has 1 aromatic heterocycles. The molecule has 4 heteroatoms. The van der Waals surface area contributed by atoms with Crippen LogP contribution in [0.1, 0.15) is 44.0 Å². The molecular formula is C16H21N3O. The monoisotopic (exact) mass is 271 g/mol. The maximum Gasteiger partial charge on any atom is 0.160 e. The minimum absolute atomic E-state index is 0.00999. The van der Waals surface area contributed by atoms with Crippen molar-refractivity contribution in [2.45, 2.75) is 45.4 Å². The number of nitrogens with one attached hydrogen (secondary N) is 2. The van der Waals surface area contributed by atoms with Crippen LogP contribution < -0.4 is 10.1 Å². The second-order valence-corrected chi connectivity index (χ2v) is 6.32. The molecule has 2 N–H and O–H groups in total. The van der Waals surface area contributed by atoms with E-state index < -0.39 is 0 Å². The number of nitrogens with zero attached hydrogens (tertiary/aromatic N) is 1. The number of aromatic nitrogens is 2. The van der Waals surface area contributed by atoms with Crippen molar-refractivity contribution in [3.05, 3.63) is 47.5 Å². The average molecular weight is 271 g/mol. The lowest BCUT2D eigenvalue weighted by Crippen LogP contribution is -2.35. The fraction of sp³-hybridized carbons (Fsp3) is 0.438. The van der Waals surface area contributed by atoms with Gasteiger partial charge >= 0.3 is 0 Å². The Labute approximate surface area is 119 Å². The Balaban J connectivity index is 1.67. The van der Waals surface area contributed by atoms with Crippen LogP contribution in [0.2, 0.25) is 0 Å². The van der Waals surface area contributed by atoms with Gasteiger partial charge in [0.1, 0.15) is 11.6 Å². The van der Waals surface area contributed by atoms with E-state index in [1.165, 1.54) is 5.56 Å². The number of imidazole rings is 1. The Morgan fingerprint density at radius 1 is 1.35 bits per heavy atom. The number of aromatic amines is 1. The molecule has 1 unspecified atom stereocenters. The molecule has 1 aromatic carbocycles. The van der Waals surface area contributed by atoms with Crippen molar-refractivity contribution in [3.8, 4) is 5.75 Å². The SMILES string of the molecule is CC(C)(C)NCc1cnc(C2Cc3ccccc3O2)[nH]1. The standard InChI is InChI=1S/C16H21N3O/c1-16(2,3)18-10-12-9-17-15(19-12)14-8-11-6-4-5-7-13(11)20-14/h4-7,9,14,18H,8,10H2,1-3H3,(H,17,19). The van der Waals surface area contributed by atoms with Gasteiger partial charge in [0.05, 0.1) is 0 Å². The first-order chi connectivity index (χ1) is 9.51. The summed E-state index contributed by atoms with van der Waals surface area (Å²) in [5.74, 6) is 1.88. The van der Waals surface area contributed by atoms with Gasteiger partial charge in [0.25, 0.3) is 0 Å². The summed E-state index contributed by atoms with van der Waals surface area (Å²) in [4.78, 5) is 7.83. The largest absolute Gasteiger partial charge is 0.482 e. The van der Waals surface area contributed by atoms with Crippen molar-refractivity contribution in [3.63, 3.8) is 0 Å². The number of hydrogen-bond donors (Lipinski definition) is 2. The van der Waals surface area contributed by atoms with Crippen LogP contribution in [0.5, 0.6) is 5.75 Å². The number of para-hydroxylation sites is 1. The van der Waals surface area contributed by atoms with Crippen LogP contribution in [0.25, 0.3) is 0 Å². The summed E-state index contributed by atoms with van der Waals surface area (Å²) in [5.41, 5.74) is 2.45. The Hall–Kier alpha value is -1.81. The van der Waals surface area contributed by atoms with Crippen LogP contribution in [0.3, 0.4) is 0 Å². The molecule has 3 rings (SSSR count). The van der Waals surface area contributed by atoms with Crippen molar-refractivity contribution in [1.82, 2.24) is 15.3 Å². The molecule has 0 saturated heterocycles. The third kappa shape index (κ3) is 2.85. The summed E-state index contributed by atoms with van der Waals surface area (Å²) in [6.07, 6.45) is 2.78. The van der Waals surface area contributed by atoms with Crippen LogP contribution in [0.4, 0.5) is 0 Å². The molecule has 0 aliphatic carbocycles. The molecule has 1 aliphatic rings. The fourth-order valence-electron chi connectivity index (χ4n) is 2.32. The van der Waals surface area contributed by atoms with Crippen molar-refractivity contribution < 1.29 is 4.74 Å². The van der Waals surface area contributed by atoms with Gasteiger partial charge in [-0.3, -0.25) is 0 Å². The van der Waals surface area contributed by atoms with Crippen LogP contribution in [-0.4, -0.2) is 15.5 Å². The van der Waals surface area contributed by atoms with E-state index in [0.29, 0.717) is 0 Å². The van der Waals surface area contributed by atoms with E-state index >= 15 is 0 Å². The molecule has 2 heterocycles. The van der Waals surface area contributed by atoms with Crippen LogP contribution >= 0.6 is 0 Å². The highest BCUT2D eigenvalue weighted by molar-refractivity contribution is 5.38. The number of benzene rings is 1. The second-order valence-electron chi connectivity index (χ2n) is 6.32. The molecule has 106 valence electrons. The van der Waals surface area contributed by atoms with Gasteiger partial charge in [0.15, 0.2) is 6.10 Å². The lowest BCUT2D eigenvalue weighted by atomic mass is 10.1. The number of rotatable bonds is 3. The molecule has 2 aromatic rings. The average Bonchev–Trinajstić information content (AvgIpc) is 3.01. The first-order valence-electron chi connectivity index (χ1n) is 7.05. The van der Waals surface area contributed by atoms with Crippen LogP contribution in [0, 0.1) is 0 Å². The van der Waals surface area contributed by atoms with Gasteiger partial charge in [0.2, 0.25) is 0 Å². The minimum Gasteiger partial charge on any atom is -0.482 e. The smallest absolute Gasteiger partial charge is 0.160 e. The second kappa shape index (κ2) is 4.94. The van der Waals surface area contributed by atoms with E-state index in [2.05, 4.69) is 42.1 Å². The van der Waals surface area contributed by atoms with Crippen molar-refractivity contribution >= 4 is 0 Å². The van der Waals surface area contributed by atoms with Crippen molar-refractivity contribution in [1.29, 1.82) is 0 Å². The maximum absolute atomic E-state index is 5.94. The van der Waals surface area contributed by atoms with E-state index in [0.717, 1.165) is 30.2 Å². The first kappa shape index (κ1) is 13.2. The maximum atomic E-state index is 5.94. The molecule has 0 spiro atoms. The molecule has 0 saturated carbocycles. The van der Waals surface area contributed by atoms with Crippen LogP contribution in [0.15, 0.2) is 30.5 Å². The predicted molar refractivity (Wildman–Crippen MR) is 78.7 cm³/mol. The fourth-order valence-corrected chi connectivity index (χ4v) is 2.32. The van der Waals surface area contributed by atoms with Gasteiger partial charge in [-0.1, -0.05) is 18.2 Å². The highest BCUT2D eigenvalue weighted by Gasteiger charge is 2.26. The Morgan fingerprint density at radius 2 is 2.15 bits per heavy atom. The minimum atomic E-state index is 0.00999. The molecule has 0 fully saturated rings. The van der Waals surface area contributed by atoms with Crippen molar-refractivity contribution in [2.24, 2.45) is 0 Å². The van der Waals surface area contributed by atoms with E-state index in [1.807, 2.05) is 24.4 Å². The topological polar surface area (TPSA) is 49.9 Å². The van der Waals surface area contributed by atoms with E-state index in [1.54, 1.807) is 0 Å². The van der Waals surface area contributed by atoms with Crippen molar-refractivity contribution in [2.75, 3.05) is 0 Å². The highest BCUT2D eigenvalue weighted by atomic mass is 16.5. The molecule has 0 amide bonds. The summed E-state index contributed by atoms with van der Waals surface area (Å²) in [5, 5.41) is 3.45. The van der Waals surface area contributed by atoms with Crippen LogP contribution in [-0.2, 0) is 13.0 Å². The van der Waals surface area contributed by atoms with Gasteiger partial charge < -0.3 is 15.0 Å². The summed E-state index contributed by atoms with van der Waals surface area (Å²) in [6, 6.07) is 8.17. The molecule has 0 radical (unpaired) electrons. The number of H-pyrrole nitrogens is 1. The Morgan fingerprint density at radius 3 is 2.90 bits per heavy atom. The van der Waals surface area contributed by atoms with Gasteiger partial charge in [-0.2, -0.15) is 0 Å². The molecule has 1 atom stereocenters. The van der Waals surface area contributed by atoms with Gasteiger partial charge in [-0.15, -0.1) is 0 Å². The van der Waals surface area contributed by atoms with Gasteiger partial charge in [-0.25, -0.2) is 4.98 Å². The zero-order chi connectivity index (χ0) is 14.2. The first-order valence-corrected chi connectivity index (χ1v) is 7.05. The molecule has 20 heavy (non-hydrogen) atoms. The van der Waals surface area contributed by atoms with E-state index in [4.69, 9.17) is 4.74 Å². The molecule has 1 aliphatic heterocycles. The Bertz CT molecular complexity index is 573. The number of hydrogen-bond acceptors (Lipinski definition) is 3. The zero-order valence-corrected chi connectivity index (χ0v) is 12.2. The molecular weight excluding hydrogens is 250 g/mol. The zero-order valence-electron chi connectivity index (χ0n) is 12.2. The molecule has 0 bridgehead atoms. The number of fused-ring (bicyclic) bond motifs is 1. The normalized spacial score (nSPS) is 17.9. The quantitative estimate of drug-likeness (QED) is 0.902. The van der Waals surface area contributed by atoms with Gasteiger partial charge in [-0.05, 0) is 32.4 Å². The Kier molecular flexibility index (Phi) is 3.26. The summed E-state index contributed by atoms with van der Waals surface area (Å²) < 4.78 is 5.94. The van der Waals surface area contributed by atoms with Gasteiger partial charge in [0, 0.05) is 30.4 Å². The lowest BCUT2D eigenvalue weighted by molar-refractivity contribution is 0.228. The predicted octanol–water partition coefficient (Wildman–Crippen LogP) is 2.97. The third-order valence-electron chi connectivity index (χ3n) is 3.41. The summed E-state index contributed by atoms with van der Waals surface area (Å²) in [7, 11) is 0. The van der Waals surface area contributed by atoms with E-state index in [9.17, 15) is 0 Å². The number of ether oxygens (including phenoxy) is 1. The third-order valence-corrected chi connectivity index (χ3v) is 3.41. The molecule has 4 nitrogen and oxygen atoms in total. The summed E-state index contributed by atoms with van der Waals surface area (Å²) >= 11 is 0. The lowest BCUT2D eigenvalue weighted by Gasteiger charge is -2.19. The van der Waals surface area contributed by atoms with E-state index in [-0.39, 0.29) is 11.6 Å².